The molecule has 5 aromatic rings. The highest BCUT2D eigenvalue weighted by Gasteiger charge is 2.22. The van der Waals surface area contributed by atoms with E-state index in [2.05, 4.69) is 20.8 Å². The van der Waals surface area contributed by atoms with Crippen LogP contribution in [0.2, 0.25) is 0 Å². The lowest BCUT2D eigenvalue weighted by atomic mass is 10.1. The molecule has 0 bridgehead atoms. The largest absolute Gasteiger partial charge is 0.411 e. The summed E-state index contributed by atoms with van der Waals surface area (Å²) in [6.07, 6.45) is 0. The van der Waals surface area contributed by atoms with Gasteiger partial charge in [0.05, 0.1) is 5.75 Å². The first-order valence-corrected chi connectivity index (χ1v) is 14.2. The van der Waals surface area contributed by atoms with Gasteiger partial charge in [0, 0.05) is 17.8 Å². The van der Waals surface area contributed by atoms with Crippen molar-refractivity contribution in [3.63, 3.8) is 0 Å². The maximum atomic E-state index is 13.2. The van der Waals surface area contributed by atoms with E-state index in [0.717, 1.165) is 45.5 Å². The second-order valence-electron chi connectivity index (χ2n) is 8.46. The standard InChI is InChI=1S/C28H23N5O3S3/c1-18-12-14-20(15-13-18)26-31-32-27(36-26)38-17-22(34)30-24-23(25(35)29-16-19-8-4-2-5-9-19)39-28(37)33(24)21-10-6-3-7-11-21/h2-15H,16-17H2,1H3,(H,29,35)(H,30,34). The van der Waals surface area contributed by atoms with Gasteiger partial charge in [-0.1, -0.05) is 89.3 Å². The molecule has 5 rings (SSSR count). The number of rotatable bonds is 9. The SMILES string of the molecule is Cc1ccc(-c2nnc(SCC(=O)Nc3c(C(=O)NCc4ccccc4)sc(=S)n3-c3ccccc3)o2)cc1. The van der Waals surface area contributed by atoms with Crippen LogP contribution >= 0.6 is 35.3 Å². The lowest BCUT2D eigenvalue weighted by Crippen LogP contribution is -2.25. The van der Waals surface area contributed by atoms with Gasteiger partial charge in [0.15, 0.2) is 3.95 Å². The van der Waals surface area contributed by atoms with E-state index >= 15 is 0 Å². The second kappa shape index (κ2) is 12.2. The van der Waals surface area contributed by atoms with E-state index in [1.165, 1.54) is 0 Å². The van der Waals surface area contributed by atoms with Crippen LogP contribution in [0.5, 0.6) is 0 Å². The number of carbonyl (C=O) groups is 2. The van der Waals surface area contributed by atoms with Crippen LogP contribution in [0.25, 0.3) is 17.1 Å². The van der Waals surface area contributed by atoms with Crippen LogP contribution in [-0.2, 0) is 11.3 Å². The maximum Gasteiger partial charge on any atom is 0.277 e. The molecule has 2 N–H and O–H groups in total. The third-order valence-corrected chi connectivity index (χ3v) is 7.81. The Hall–Kier alpha value is -4.06. The monoisotopic (exact) mass is 573 g/mol. The normalized spacial score (nSPS) is 10.8. The molecule has 0 saturated carbocycles. The Labute approximate surface area is 238 Å². The molecule has 3 aromatic carbocycles. The molecule has 2 aromatic heterocycles. The summed E-state index contributed by atoms with van der Waals surface area (Å²) in [7, 11) is 0. The summed E-state index contributed by atoms with van der Waals surface area (Å²) in [5.74, 6) is 0.0267. The molecule has 11 heteroatoms. The molecule has 0 fully saturated rings. The van der Waals surface area contributed by atoms with Crippen molar-refractivity contribution in [3.05, 3.63) is 105 Å². The number of nitrogens with one attached hydrogen (secondary N) is 2. The molecule has 0 spiro atoms. The summed E-state index contributed by atoms with van der Waals surface area (Å²) >= 11 is 7.85. The molecule has 0 unspecified atom stereocenters. The van der Waals surface area contributed by atoms with Crippen LogP contribution in [0.1, 0.15) is 20.8 Å². The number of para-hydroxylation sites is 1. The molecule has 0 atom stereocenters. The van der Waals surface area contributed by atoms with Crippen molar-refractivity contribution in [3.8, 4) is 17.1 Å². The minimum atomic E-state index is -0.343. The summed E-state index contributed by atoms with van der Waals surface area (Å²) in [4.78, 5) is 26.6. The number of thiazole rings is 1. The summed E-state index contributed by atoms with van der Waals surface area (Å²) in [6.45, 7) is 2.35. The number of aryl methyl sites for hydroxylation is 1. The first kappa shape index (κ1) is 26.5. The molecule has 0 aliphatic heterocycles. The predicted molar refractivity (Wildman–Crippen MR) is 156 cm³/mol. The van der Waals surface area contributed by atoms with Gasteiger partial charge in [0.25, 0.3) is 11.1 Å². The Morgan fingerprint density at radius 3 is 2.38 bits per heavy atom. The quantitative estimate of drug-likeness (QED) is 0.158. The third-order valence-electron chi connectivity index (χ3n) is 5.62. The lowest BCUT2D eigenvalue weighted by molar-refractivity contribution is -0.113. The molecular weight excluding hydrogens is 551 g/mol. The number of hydrogen-bond donors (Lipinski definition) is 2. The molecule has 0 saturated heterocycles. The van der Waals surface area contributed by atoms with Crippen molar-refractivity contribution in [2.24, 2.45) is 0 Å². The van der Waals surface area contributed by atoms with Crippen molar-refractivity contribution in [1.82, 2.24) is 20.1 Å². The fraction of sp³-hybridized carbons (Fsp3) is 0.107. The van der Waals surface area contributed by atoms with Gasteiger partial charge in [-0.3, -0.25) is 14.2 Å². The number of benzene rings is 3. The fourth-order valence-corrected chi connectivity index (χ4v) is 5.56. The third kappa shape index (κ3) is 6.51. The number of nitrogens with zero attached hydrogens (tertiary/aromatic N) is 3. The van der Waals surface area contributed by atoms with Crippen molar-refractivity contribution >= 4 is 52.9 Å². The number of aromatic nitrogens is 3. The smallest absolute Gasteiger partial charge is 0.277 e. The topological polar surface area (TPSA) is 102 Å². The van der Waals surface area contributed by atoms with Gasteiger partial charge in [0.1, 0.15) is 10.7 Å². The van der Waals surface area contributed by atoms with Crippen LogP contribution < -0.4 is 10.6 Å². The van der Waals surface area contributed by atoms with Gasteiger partial charge in [0.2, 0.25) is 11.8 Å². The van der Waals surface area contributed by atoms with Gasteiger partial charge >= 0.3 is 0 Å². The molecule has 196 valence electrons. The highest BCUT2D eigenvalue weighted by Crippen LogP contribution is 2.30. The molecule has 2 amide bonds. The van der Waals surface area contributed by atoms with E-state index in [-0.39, 0.29) is 22.8 Å². The Morgan fingerprint density at radius 2 is 1.67 bits per heavy atom. The average molecular weight is 574 g/mol. The van der Waals surface area contributed by atoms with Crippen molar-refractivity contribution in [1.29, 1.82) is 0 Å². The van der Waals surface area contributed by atoms with Crippen LogP contribution in [-0.4, -0.2) is 32.3 Å². The zero-order valence-corrected chi connectivity index (χ0v) is 23.2. The zero-order valence-electron chi connectivity index (χ0n) is 20.8. The zero-order chi connectivity index (χ0) is 27.2. The van der Waals surface area contributed by atoms with Crippen LogP contribution in [0.3, 0.4) is 0 Å². The summed E-state index contributed by atoms with van der Waals surface area (Å²) in [5.41, 5.74) is 3.63. The summed E-state index contributed by atoms with van der Waals surface area (Å²) < 4.78 is 7.86. The Morgan fingerprint density at radius 1 is 0.974 bits per heavy atom. The fourth-order valence-electron chi connectivity index (χ4n) is 3.69. The highest BCUT2D eigenvalue weighted by molar-refractivity contribution is 7.99. The van der Waals surface area contributed by atoms with Crippen LogP contribution in [0.15, 0.2) is 94.6 Å². The number of anilines is 1. The highest BCUT2D eigenvalue weighted by atomic mass is 32.2. The van der Waals surface area contributed by atoms with E-state index in [9.17, 15) is 9.59 Å². The van der Waals surface area contributed by atoms with Crippen LogP contribution in [0, 0.1) is 10.9 Å². The minimum absolute atomic E-state index is 0.00198. The van der Waals surface area contributed by atoms with Gasteiger partial charge < -0.3 is 15.1 Å². The molecule has 0 aliphatic rings. The molecule has 0 radical (unpaired) electrons. The average Bonchev–Trinajstić information content (AvgIpc) is 3.56. The molecule has 8 nitrogen and oxygen atoms in total. The minimum Gasteiger partial charge on any atom is -0.411 e. The molecule has 39 heavy (non-hydrogen) atoms. The molecular formula is C28H23N5O3S3. The Kier molecular flexibility index (Phi) is 8.30. The van der Waals surface area contributed by atoms with Crippen molar-refractivity contribution in [2.45, 2.75) is 18.7 Å². The molecule has 2 heterocycles. The first-order chi connectivity index (χ1) is 19.0. The predicted octanol–water partition coefficient (Wildman–Crippen LogP) is 6.29. The van der Waals surface area contributed by atoms with Crippen molar-refractivity contribution in [2.75, 3.05) is 11.1 Å². The van der Waals surface area contributed by atoms with E-state index in [4.69, 9.17) is 16.6 Å². The molecule has 0 aliphatic carbocycles. The lowest BCUT2D eigenvalue weighted by Gasteiger charge is -2.12. The maximum absolute atomic E-state index is 13.2. The van der Waals surface area contributed by atoms with E-state index < -0.39 is 0 Å². The Balaban J connectivity index is 1.33. The Bertz CT molecular complexity index is 1650. The van der Waals surface area contributed by atoms with Gasteiger partial charge in [-0.2, -0.15) is 0 Å². The first-order valence-electron chi connectivity index (χ1n) is 11.9. The summed E-state index contributed by atoms with van der Waals surface area (Å²) in [5, 5.41) is 14.2. The van der Waals surface area contributed by atoms with Gasteiger partial charge in [-0.15, -0.1) is 10.2 Å². The van der Waals surface area contributed by atoms with E-state index in [1.54, 1.807) is 4.57 Å². The number of hydrogen-bond acceptors (Lipinski definition) is 8. The number of thioether (sulfide) groups is 1. The van der Waals surface area contributed by atoms with Crippen molar-refractivity contribution < 1.29 is 14.0 Å². The number of carbonyl (C=O) groups excluding carboxylic acids is 2. The van der Waals surface area contributed by atoms with E-state index in [1.807, 2.05) is 91.9 Å². The summed E-state index contributed by atoms with van der Waals surface area (Å²) in [6, 6.07) is 26.7. The second-order valence-corrected chi connectivity index (χ2v) is 11.0. The van der Waals surface area contributed by atoms with E-state index in [0.29, 0.717) is 27.1 Å². The number of amides is 2. The van der Waals surface area contributed by atoms with Gasteiger partial charge in [-0.05, 0) is 49.0 Å². The van der Waals surface area contributed by atoms with Crippen LogP contribution in [0.4, 0.5) is 5.82 Å². The van der Waals surface area contributed by atoms with Gasteiger partial charge in [-0.25, -0.2) is 0 Å².